The van der Waals surface area contributed by atoms with E-state index in [2.05, 4.69) is 31.7 Å². The summed E-state index contributed by atoms with van der Waals surface area (Å²) in [4.78, 5) is 11.8. The molecule has 3 rings (SSSR count). The number of anilines is 1. The second kappa shape index (κ2) is 4.22. The molecule has 0 saturated carbocycles. The molecule has 0 fully saturated rings. The molecule has 2 N–H and O–H groups in total. The highest BCUT2D eigenvalue weighted by Gasteiger charge is 2.30. The molecule has 92 valence electrons. The fourth-order valence-corrected chi connectivity index (χ4v) is 2.69. The van der Waals surface area contributed by atoms with Gasteiger partial charge >= 0.3 is 0 Å². The molecular weight excluding hydrogens is 296 g/mol. The average Bonchev–Trinajstić information content (AvgIpc) is 2.94. The summed E-state index contributed by atoms with van der Waals surface area (Å²) in [6, 6.07) is 5.44. The number of benzene rings is 1. The van der Waals surface area contributed by atoms with Crippen molar-refractivity contribution >= 4 is 27.5 Å². The van der Waals surface area contributed by atoms with Gasteiger partial charge in [0.05, 0.1) is 5.69 Å². The Hall–Kier alpha value is -1.66. The van der Waals surface area contributed by atoms with Crippen molar-refractivity contribution in [2.24, 2.45) is 0 Å². The number of halogens is 1. The number of nitrogens with zero attached hydrogens (tertiary/aromatic N) is 2. The van der Waals surface area contributed by atoms with E-state index in [0.717, 1.165) is 21.4 Å². The van der Waals surface area contributed by atoms with E-state index in [1.54, 1.807) is 17.9 Å². The van der Waals surface area contributed by atoms with Crippen LogP contribution in [0.25, 0.3) is 5.69 Å². The minimum absolute atomic E-state index is 0.0305. The lowest BCUT2D eigenvalue weighted by molar-refractivity contribution is -0.117. The molecule has 2 heterocycles. The molecule has 1 aliphatic heterocycles. The predicted octanol–water partition coefficient (Wildman–Crippen LogP) is 1.85. The van der Waals surface area contributed by atoms with Crippen molar-refractivity contribution in [3.8, 4) is 5.69 Å². The van der Waals surface area contributed by atoms with E-state index in [1.807, 2.05) is 24.4 Å². The minimum atomic E-state index is -0.289. The molecule has 0 aliphatic carbocycles. The van der Waals surface area contributed by atoms with Gasteiger partial charge < -0.3 is 10.6 Å². The van der Waals surface area contributed by atoms with Gasteiger partial charge in [0.1, 0.15) is 6.04 Å². The van der Waals surface area contributed by atoms with Gasteiger partial charge in [-0.2, -0.15) is 5.10 Å². The molecule has 1 unspecified atom stereocenters. The van der Waals surface area contributed by atoms with E-state index in [0.29, 0.717) is 0 Å². The summed E-state index contributed by atoms with van der Waals surface area (Å²) in [6.45, 7) is 0. The third-order valence-corrected chi connectivity index (χ3v) is 3.63. The molecule has 0 radical (unpaired) electrons. The Labute approximate surface area is 112 Å². The number of carbonyl (C=O) groups excluding carboxylic acids is 1. The van der Waals surface area contributed by atoms with Gasteiger partial charge in [0.2, 0.25) is 5.91 Å². The molecule has 0 saturated heterocycles. The molecule has 1 aromatic carbocycles. The topological polar surface area (TPSA) is 59.0 Å². The lowest BCUT2D eigenvalue weighted by Crippen LogP contribution is -2.23. The third kappa shape index (κ3) is 1.65. The average molecular weight is 307 g/mol. The van der Waals surface area contributed by atoms with Crippen LogP contribution in [0.4, 0.5) is 5.69 Å². The largest absolute Gasteiger partial charge is 0.324 e. The fourth-order valence-electron chi connectivity index (χ4n) is 2.14. The van der Waals surface area contributed by atoms with Crippen molar-refractivity contribution < 1.29 is 4.79 Å². The highest BCUT2D eigenvalue weighted by atomic mass is 79.9. The van der Waals surface area contributed by atoms with Gasteiger partial charge in [0.15, 0.2) is 0 Å². The molecule has 0 spiro atoms. The van der Waals surface area contributed by atoms with Crippen molar-refractivity contribution in [3.63, 3.8) is 0 Å². The third-order valence-electron chi connectivity index (χ3n) is 2.99. The maximum Gasteiger partial charge on any atom is 0.246 e. The number of rotatable bonds is 2. The minimum Gasteiger partial charge on any atom is -0.324 e. The van der Waals surface area contributed by atoms with E-state index < -0.39 is 0 Å². The molecule has 2 aromatic rings. The SMILES string of the molecule is CNC1C(=O)Nc2cc(-n3cccn3)c(Br)cc21. The summed E-state index contributed by atoms with van der Waals surface area (Å²) in [5.41, 5.74) is 2.68. The number of amides is 1. The van der Waals surface area contributed by atoms with Gasteiger partial charge in [-0.25, -0.2) is 4.68 Å². The van der Waals surface area contributed by atoms with Crippen LogP contribution in [0.15, 0.2) is 35.1 Å². The summed E-state index contributed by atoms with van der Waals surface area (Å²) < 4.78 is 2.66. The molecule has 1 aliphatic rings. The smallest absolute Gasteiger partial charge is 0.246 e. The van der Waals surface area contributed by atoms with Crippen LogP contribution in [0.1, 0.15) is 11.6 Å². The van der Waals surface area contributed by atoms with Gasteiger partial charge in [-0.3, -0.25) is 4.79 Å². The molecule has 5 nitrogen and oxygen atoms in total. The zero-order valence-electron chi connectivity index (χ0n) is 9.64. The predicted molar refractivity (Wildman–Crippen MR) is 71.7 cm³/mol. The Morgan fingerprint density at radius 3 is 3.00 bits per heavy atom. The monoisotopic (exact) mass is 306 g/mol. The van der Waals surface area contributed by atoms with Crippen LogP contribution in [0.3, 0.4) is 0 Å². The zero-order chi connectivity index (χ0) is 12.7. The Bertz CT molecular complexity index is 609. The number of nitrogens with one attached hydrogen (secondary N) is 2. The molecule has 1 atom stereocenters. The van der Waals surface area contributed by atoms with Crippen LogP contribution in [0.5, 0.6) is 0 Å². The van der Waals surface area contributed by atoms with Crippen LogP contribution >= 0.6 is 15.9 Å². The number of fused-ring (bicyclic) bond motifs is 1. The Morgan fingerprint density at radius 1 is 1.50 bits per heavy atom. The Balaban J connectivity index is 2.13. The van der Waals surface area contributed by atoms with Crippen molar-refractivity contribution in [2.45, 2.75) is 6.04 Å². The second-order valence-corrected chi connectivity index (χ2v) is 4.91. The van der Waals surface area contributed by atoms with Gasteiger partial charge in [0, 0.05) is 28.1 Å². The lowest BCUT2D eigenvalue weighted by atomic mass is 10.1. The van der Waals surface area contributed by atoms with Crippen molar-refractivity contribution in [1.82, 2.24) is 15.1 Å². The first-order valence-electron chi connectivity index (χ1n) is 5.52. The molecule has 1 aromatic heterocycles. The van der Waals surface area contributed by atoms with Crippen molar-refractivity contribution in [2.75, 3.05) is 12.4 Å². The van der Waals surface area contributed by atoms with Crippen molar-refractivity contribution in [1.29, 1.82) is 0 Å². The van der Waals surface area contributed by atoms with Gasteiger partial charge in [-0.05, 0) is 41.2 Å². The maximum absolute atomic E-state index is 11.8. The maximum atomic E-state index is 11.8. The quantitative estimate of drug-likeness (QED) is 0.890. The number of hydrogen-bond acceptors (Lipinski definition) is 3. The van der Waals surface area contributed by atoms with Crippen LogP contribution in [-0.4, -0.2) is 22.7 Å². The lowest BCUT2D eigenvalue weighted by Gasteiger charge is -2.10. The van der Waals surface area contributed by atoms with Gasteiger partial charge in [-0.15, -0.1) is 0 Å². The molecule has 6 heteroatoms. The first kappa shape index (κ1) is 11.4. The summed E-state index contributed by atoms with van der Waals surface area (Å²) in [5, 5.41) is 10.0. The Morgan fingerprint density at radius 2 is 2.33 bits per heavy atom. The van der Waals surface area contributed by atoms with E-state index in [1.165, 1.54) is 0 Å². The zero-order valence-corrected chi connectivity index (χ0v) is 11.2. The fraction of sp³-hybridized carbons (Fsp3) is 0.167. The van der Waals surface area contributed by atoms with Crippen LogP contribution < -0.4 is 10.6 Å². The number of likely N-dealkylation sites (N-methyl/N-ethyl adjacent to an activating group) is 1. The van der Waals surface area contributed by atoms with E-state index >= 15 is 0 Å². The highest BCUT2D eigenvalue weighted by Crippen LogP contribution is 2.36. The van der Waals surface area contributed by atoms with Crippen molar-refractivity contribution in [3.05, 3.63) is 40.6 Å². The molecule has 0 bridgehead atoms. The van der Waals surface area contributed by atoms with E-state index in [9.17, 15) is 4.79 Å². The standard InChI is InChI=1S/C12H11BrN4O/c1-14-11-7-5-8(13)10(17-4-2-3-15-17)6-9(7)16-12(11)18/h2-6,11,14H,1H3,(H,16,18). The Kier molecular flexibility index (Phi) is 2.68. The van der Waals surface area contributed by atoms with Crippen LogP contribution in [0, 0.1) is 0 Å². The number of carbonyl (C=O) groups is 1. The molecule has 18 heavy (non-hydrogen) atoms. The molecule has 1 amide bonds. The van der Waals surface area contributed by atoms with E-state index in [4.69, 9.17) is 0 Å². The number of hydrogen-bond donors (Lipinski definition) is 2. The highest BCUT2D eigenvalue weighted by molar-refractivity contribution is 9.10. The van der Waals surface area contributed by atoms with E-state index in [-0.39, 0.29) is 11.9 Å². The van der Waals surface area contributed by atoms with Crippen LogP contribution in [0.2, 0.25) is 0 Å². The summed E-state index contributed by atoms with van der Waals surface area (Å²) >= 11 is 3.52. The van der Waals surface area contributed by atoms with Crippen LogP contribution in [-0.2, 0) is 4.79 Å². The summed E-state index contributed by atoms with van der Waals surface area (Å²) in [6.07, 6.45) is 3.58. The second-order valence-electron chi connectivity index (χ2n) is 4.05. The summed E-state index contributed by atoms with van der Waals surface area (Å²) in [7, 11) is 1.77. The normalized spacial score (nSPS) is 17.7. The van der Waals surface area contributed by atoms with Gasteiger partial charge in [-0.1, -0.05) is 0 Å². The van der Waals surface area contributed by atoms with Gasteiger partial charge in [0.25, 0.3) is 0 Å². The number of aromatic nitrogens is 2. The summed E-state index contributed by atoms with van der Waals surface area (Å²) in [5.74, 6) is -0.0305. The first-order valence-corrected chi connectivity index (χ1v) is 6.31. The first-order chi connectivity index (χ1) is 8.70. The molecular formula is C12H11BrN4O.